The molecule has 27 heavy (non-hydrogen) atoms. The number of likely N-dealkylation sites (N-methyl/N-ethyl adjacent to an activating group) is 1. The number of hydrogen-bond donors (Lipinski definition) is 1. The monoisotopic (exact) mass is 385 g/mol. The Bertz CT molecular complexity index is 796. The Labute approximate surface area is 168 Å². The number of nitrogens with zero attached hydrogens (tertiary/aromatic N) is 4. The van der Waals surface area contributed by atoms with E-state index in [1.165, 1.54) is 17.0 Å². The highest BCUT2D eigenvalue weighted by molar-refractivity contribution is 7.80. The smallest absolute Gasteiger partial charge is 0.170 e. The third-order valence-electron chi connectivity index (χ3n) is 5.34. The second-order valence-electron chi connectivity index (χ2n) is 7.91. The molecule has 0 saturated carbocycles. The van der Waals surface area contributed by atoms with Crippen molar-refractivity contribution in [2.75, 3.05) is 27.2 Å². The van der Waals surface area contributed by atoms with Crippen LogP contribution in [0.15, 0.2) is 30.5 Å². The summed E-state index contributed by atoms with van der Waals surface area (Å²) in [6.45, 7) is 10.7. The van der Waals surface area contributed by atoms with Crippen LogP contribution in [0.4, 0.5) is 0 Å². The van der Waals surface area contributed by atoms with E-state index >= 15 is 0 Å². The minimum Gasteiger partial charge on any atom is -0.352 e. The van der Waals surface area contributed by atoms with Crippen molar-refractivity contribution in [2.24, 2.45) is 0 Å². The van der Waals surface area contributed by atoms with Gasteiger partial charge in [0.05, 0.1) is 17.8 Å². The summed E-state index contributed by atoms with van der Waals surface area (Å²) in [6, 6.07) is 9.06. The number of hydrogen-bond acceptors (Lipinski definition) is 3. The summed E-state index contributed by atoms with van der Waals surface area (Å²) in [5.41, 5.74) is 4.98. The first-order valence-corrected chi connectivity index (χ1v) is 10.0. The maximum absolute atomic E-state index is 5.74. The van der Waals surface area contributed by atoms with Gasteiger partial charge in [0.1, 0.15) is 0 Å². The zero-order valence-electron chi connectivity index (χ0n) is 17.2. The van der Waals surface area contributed by atoms with Crippen LogP contribution in [0.1, 0.15) is 54.6 Å². The zero-order chi connectivity index (χ0) is 19.7. The van der Waals surface area contributed by atoms with Gasteiger partial charge in [-0.1, -0.05) is 6.07 Å². The van der Waals surface area contributed by atoms with Crippen molar-refractivity contribution in [3.8, 4) is 0 Å². The average molecular weight is 386 g/mol. The number of aromatic nitrogens is 2. The molecule has 1 fully saturated rings. The summed E-state index contributed by atoms with van der Waals surface area (Å²) < 4.78 is 2.41. The van der Waals surface area contributed by atoms with Gasteiger partial charge in [-0.15, -0.1) is 0 Å². The Morgan fingerprint density at radius 3 is 2.56 bits per heavy atom. The molecule has 146 valence electrons. The minimum atomic E-state index is 0.0574. The molecule has 2 aromatic heterocycles. The van der Waals surface area contributed by atoms with Gasteiger partial charge in [0, 0.05) is 36.7 Å². The minimum absolute atomic E-state index is 0.0574. The Balaban J connectivity index is 2.06. The van der Waals surface area contributed by atoms with Crippen molar-refractivity contribution in [3.05, 3.63) is 53.1 Å². The van der Waals surface area contributed by atoms with Gasteiger partial charge in [0.2, 0.25) is 0 Å². The van der Waals surface area contributed by atoms with Crippen molar-refractivity contribution >= 4 is 17.3 Å². The van der Waals surface area contributed by atoms with Crippen LogP contribution in [0.25, 0.3) is 0 Å². The van der Waals surface area contributed by atoms with Crippen LogP contribution < -0.4 is 5.32 Å². The summed E-state index contributed by atoms with van der Waals surface area (Å²) in [7, 11) is 4.20. The first-order chi connectivity index (χ1) is 12.8. The molecule has 0 unspecified atom stereocenters. The molecule has 2 atom stereocenters. The summed E-state index contributed by atoms with van der Waals surface area (Å²) in [4.78, 5) is 9.16. The van der Waals surface area contributed by atoms with Crippen LogP contribution in [0, 0.1) is 13.8 Å². The van der Waals surface area contributed by atoms with E-state index < -0.39 is 0 Å². The topological polar surface area (TPSA) is 36.3 Å². The number of aryl methyl sites for hydroxylation is 1. The number of pyridine rings is 1. The molecule has 3 rings (SSSR count). The average Bonchev–Trinajstić information content (AvgIpc) is 3.09. The predicted octanol–water partition coefficient (Wildman–Crippen LogP) is 3.61. The summed E-state index contributed by atoms with van der Waals surface area (Å²) in [5, 5.41) is 4.36. The molecule has 0 spiro atoms. The summed E-state index contributed by atoms with van der Waals surface area (Å²) in [5.74, 6) is 0. The third-order valence-corrected chi connectivity index (χ3v) is 5.70. The fourth-order valence-corrected chi connectivity index (χ4v) is 4.52. The molecule has 2 aromatic rings. The van der Waals surface area contributed by atoms with Gasteiger partial charge in [0.25, 0.3) is 0 Å². The highest BCUT2D eigenvalue weighted by atomic mass is 32.1. The van der Waals surface area contributed by atoms with E-state index in [0.29, 0.717) is 6.04 Å². The number of nitrogens with one attached hydrogen (secondary N) is 1. The van der Waals surface area contributed by atoms with Gasteiger partial charge in [-0.3, -0.25) is 4.98 Å². The Morgan fingerprint density at radius 2 is 2.00 bits per heavy atom. The Kier molecular flexibility index (Phi) is 5.86. The van der Waals surface area contributed by atoms with Crippen molar-refractivity contribution < 1.29 is 0 Å². The van der Waals surface area contributed by atoms with E-state index in [2.05, 4.69) is 78.6 Å². The molecule has 5 nitrogen and oxygen atoms in total. The first-order valence-electron chi connectivity index (χ1n) is 9.62. The van der Waals surface area contributed by atoms with Crippen LogP contribution in [0.5, 0.6) is 0 Å². The van der Waals surface area contributed by atoms with E-state index in [0.717, 1.165) is 23.9 Å². The number of thiocarbonyl (C=S) groups is 1. The molecule has 0 radical (unpaired) electrons. The van der Waals surface area contributed by atoms with Gasteiger partial charge in [-0.05, 0) is 77.8 Å². The molecule has 1 saturated heterocycles. The molecule has 1 aliphatic rings. The molecule has 1 aliphatic heterocycles. The summed E-state index contributed by atoms with van der Waals surface area (Å²) in [6.07, 6.45) is 1.86. The number of rotatable bonds is 6. The largest absolute Gasteiger partial charge is 0.352 e. The van der Waals surface area contributed by atoms with Crippen LogP contribution in [0.3, 0.4) is 0 Å². The fourth-order valence-electron chi connectivity index (χ4n) is 4.19. The van der Waals surface area contributed by atoms with Crippen molar-refractivity contribution in [1.29, 1.82) is 0 Å². The first kappa shape index (κ1) is 19.8. The van der Waals surface area contributed by atoms with E-state index in [-0.39, 0.29) is 12.1 Å². The van der Waals surface area contributed by atoms with E-state index in [9.17, 15) is 0 Å². The normalized spacial score (nSPS) is 20.0. The van der Waals surface area contributed by atoms with E-state index in [1.807, 2.05) is 18.3 Å². The fraction of sp³-hybridized carbons (Fsp3) is 0.524. The van der Waals surface area contributed by atoms with Crippen molar-refractivity contribution in [1.82, 2.24) is 24.7 Å². The molecule has 6 heteroatoms. The highest BCUT2D eigenvalue weighted by Crippen LogP contribution is 2.41. The van der Waals surface area contributed by atoms with Gasteiger partial charge >= 0.3 is 0 Å². The van der Waals surface area contributed by atoms with Crippen molar-refractivity contribution in [2.45, 2.75) is 45.8 Å². The molecule has 0 aliphatic carbocycles. The van der Waals surface area contributed by atoms with Gasteiger partial charge in [-0.25, -0.2) is 0 Å². The lowest BCUT2D eigenvalue weighted by atomic mass is 9.96. The predicted molar refractivity (Wildman–Crippen MR) is 115 cm³/mol. The maximum Gasteiger partial charge on any atom is 0.170 e. The van der Waals surface area contributed by atoms with Crippen LogP contribution in [-0.2, 0) is 0 Å². The Hall–Kier alpha value is -1.92. The third kappa shape index (κ3) is 3.87. The van der Waals surface area contributed by atoms with Gasteiger partial charge < -0.3 is 19.7 Å². The molecular weight excluding hydrogens is 354 g/mol. The van der Waals surface area contributed by atoms with Gasteiger partial charge in [0.15, 0.2) is 5.11 Å². The standard InChI is InChI=1S/C21H31N5S/c1-14(2)26-15(3)13-17(16(26)4)20-19(18-9-7-8-10-22-18)23-21(27)25(20)12-11-24(5)6/h7-10,13-14,19-20H,11-12H2,1-6H3,(H,23,27)/t19-,20-/m1/s1. The lowest BCUT2D eigenvalue weighted by Crippen LogP contribution is -2.35. The quantitative estimate of drug-likeness (QED) is 0.769. The summed E-state index contributed by atoms with van der Waals surface area (Å²) >= 11 is 5.74. The molecular formula is C21H31N5S. The van der Waals surface area contributed by atoms with E-state index in [4.69, 9.17) is 12.2 Å². The Morgan fingerprint density at radius 1 is 1.26 bits per heavy atom. The second-order valence-corrected chi connectivity index (χ2v) is 8.30. The maximum atomic E-state index is 5.74. The highest BCUT2D eigenvalue weighted by Gasteiger charge is 2.41. The molecule has 3 heterocycles. The van der Waals surface area contributed by atoms with Crippen LogP contribution >= 0.6 is 12.2 Å². The van der Waals surface area contributed by atoms with Crippen LogP contribution in [-0.4, -0.2) is 51.6 Å². The lowest BCUT2D eigenvalue weighted by molar-refractivity contribution is 0.276. The van der Waals surface area contributed by atoms with Crippen LogP contribution in [0.2, 0.25) is 0 Å². The second kappa shape index (κ2) is 7.98. The lowest BCUT2D eigenvalue weighted by Gasteiger charge is -2.29. The van der Waals surface area contributed by atoms with Crippen molar-refractivity contribution in [3.63, 3.8) is 0 Å². The van der Waals surface area contributed by atoms with E-state index in [1.54, 1.807) is 0 Å². The van der Waals surface area contributed by atoms with Gasteiger partial charge in [-0.2, -0.15) is 0 Å². The molecule has 1 N–H and O–H groups in total. The molecule has 0 amide bonds. The SMILES string of the molecule is Cc1cc([C@@H]2[C@@H](c3ccccn3)NC(=S)N2CCN(C)C)c(C)n1C(C)C. The molecule has 0 aromatic carbocycles. The zero-order valence-corrected chi connectivity index (χ0v) is 18.0. The molecule has 0 bridgehead atoms.